The van der Waals surface area contributed by atoms with Gasteiger partial charge in [0.05, 0.1) is 6.61 Å². The van der Waals surface area contributed by atoms with Gasteiger partial charge in [0.15, 0.2) is 5.82 Å². The summed E-state index contributed by atoms with van der Waals surface area (Å²) in [6.45, 7) is 5.48. The third-order valence-corrected chi connectivity index (χ3v) is 2.73. The van der Waals surface area contributed by atoms with Crippen molar-refractivity contribution in [2.75, 3.05) is 19.7 Å². The highest BCUT2D eigenvalue weighted by molar-refractivity contribution is 4.84. The minimum Gasteiger partial charge on any atom is -0.371 e. The van der Waals surface area contributed by atoms with Gasteiger partial charge in [-0.2, -0.15) is 4.98 Å². The Bertz CT molecular complexity index is 308. The molecule has 0 aliphatic carbocycles. The van der Waals surface area contributed by atoms with E-state index in [-0.39, 0.29) is 0 Å². The van der Waals surface area contributed by atoms with Crippen LogP contribution in [-0.4, -0.2) is 29.8 Å². The molecule has 1 N–H and O–H groups in total. The molecule has 1 aromatic rings. The minimum absolute atomic E-state index is 0.438. The fourth-order valence-electron chi connectivity index (χ4n) is 1.84. The smallest absolute Gasteiger partial charge is 0.252 e. The zero-order chi connectivity index (χ0) is 11.2. The van der Waals surface area contributed by atoms with Crippen LogP contribution in [0, 0.1) is 5.92 Å². The lowest BCUT2D eigenvalue weighted by Crippen LogP contribution is -2.13. The molecule has 0 radical (unpaired) electrons. The fraction of sp³-hybridized carbons (Fsp3) is 0.818. The molecule has 0 amide bonds. The van der Waals surface area contributed by atoms with Crippen LogP contribution < -0.4 is 5.32 Å². The number of nitrogens with zero attached hydrogens (tertiary/aromatic N) is 2. The van der Waals surface area contributed by atoms with Gasteiger partial charge in [0.2, 0.25) is 0 Å². The monoisotopic (exact) mass is 225 g/mol. The van der Waals surface area contributed by atoms with Crippen molar-refractivity contribution in [3.63, 3.8) is 0 Å². The standard InChI is InChI=1S/C11H19N3O2/c1-2-3-10-13-11(16-14-10)8-15-7-9-4-5-12-6-9/h9,12H,2-8H2,1H3. The lowest BCUT2D eigenvalue weighted by molar-refractivity contribution is 0.0736. The molecule has 0 aromatic carbocycles. The summed E-state index contributed by atoms with van der Waals surface area (Å²) in [4.78, 5) is 4.25. The largest absolute Gasteiger partial charge is 0.371 e. The SMILES string of the molecule is CCCc1noc(COCC2CCNC2)n1. The van der Waals surface area contributed by atoms with Crippen molar-refractivity contribution in [3.8, 4) is 0 Å². The summed E-state index contributed by atoms with van der Waals surface area (Å²) in [6, 6.07) is 0. The van der Waals surface area contributed by atoms with Crippen LogP contribution in [0.5, 0.6) is 0 Å². The van der Waals surface area contributed by atoms with Gasteiger partial charge in [0.25, 0.3) is 5.89 Å². The van der Waals surface area contributed by atoms with Crippen molar-refractivity contribution in [1.82, 2.24) is 15.5 Å². The first-order valence-electron chi connectivity index (χ1n) is 5.98. The van der Waals surface area contributed by atoms with E-state index >= 15 is 0 Å². The van der Waals surface area contributed by atoms with E-state index in [4.69, 9.17) is 9.26 Å². The first-order chi connectivity index (χ1) is 7.88. The van der Waals surface area contributed by atoms with Crippen molar-refractivity contribution in [2.45, 2.75) is 32.8 Å². The third kappa shape index (κ3) is 3.28. The molecule has 1 aliphatic heterocycles. The second kappa shape index (κ2) is 5.96. The van der Waals surface area contributed by atoms with Gasteiger partial charge in [-0.1, -0.05) is 12.1 Å². The molecule has 2 heterocycles. The summed E-state index contributed by atoms with van der Waals surface area (Å²) in [6.07, 6.45) is 3.11. The van der Waals surface area contributed by atoms with Gasteiger partial charge < -0.3 is 14.6 Å². The molecular weight excluding hydrogens is 206 g/mol. The number of nitrogens with one attached hydrogen (secondary N) is 1. The van der Waals surface area contributed by atoms with Crippen LogP contribution in [0.1, 0.15) is 31.5 Å². The van der Waals surface area contributed by atoms with Crippen LogP contribution in [0.25, 0.3) is 0 Å². The van der Waals surface area contributed by atoms with Gasteiger partial charge in [-0.25, -0.2) is 0 Å². The lowest BCUT2D eigenvalue weighted by atomic mass is 10.1. The molecule has 0 spiro atoms. The van der Waals surface area contributed by atoms with E-state index in [1.54, 1.807) is 0 Å². The Balaban J connectivity index is 1.67. The molecule has 1 unspecified atom stereocenters. The van der Waals surface area contributed by atoms with E-state index in [2.05, 4.69) is 22.4 Å². The zero-order valence-electron chi connectivity index (χ0n) is 9.74. The molecule has 1 atom stereocenters. The predicted molar refractivity (Wildman–Crippen MR) is 58.9 cm³/mol. The van der Waals surface area contributed by atoms with Crippen molar-refractivity contribution in [1.29, 1.82) is 0 Å². The van der Waals surface area contributed by atoms with E-state index in [0.29, 0.717) is 18.4 Å². The summed E-state index contributed by atoms with van der Waals surface area (Å²) in [5.41, 5.74) is 0. The van der Waals surface area contributed by atoms with E-state index in [0.717, 1.165) is 38.4 Å². The Hall–Kier alpha value is -0.940. The number of aromatic nitrogens is 2. The molecule has 1 aromatic heterocycles. The van der Waals surface area contributed by atoms with Crippen molar-refractivity contribution >= 4 is 0 Å². The third-order valence-electron chi connectivity index (χ3n) is 2.73. The Morgan fingerprint density at radius 3 is 3.25 bits per heavy atom. The molecule has 90 valence electrons. The minimum atomic E-state index is 0.438. The van der Waals surface area contributed by atoms with Crippen molar-refractivity contribution < 1.29 is 9.26 Å². The van der Waals surface area contributed by atoms with Gasteiger partial charge in [-0.3, -0.25) is 0 Å². The Labute approximate surface area is 95.6 Å². The molecule has 1 saturated heterocycles. The molecule has 5 heteroatoms. The highest BCUT2D eigenvalue weighted by atomic mass is 16.5. The molecule has 0 saturated carbocycles. The maximum Gasteiger partial charge on any atom is 0.252 e. The van der Waals surface area contributed by atoms with E-state index in [9.17, 15) is 0 Å². The fourth-order valence-corrected chi connectivity index (χ4v) is 1.84. The predicted octanol–water partition coefficient (Wildman–Crippen LogP) is 1.15. The number of aryl methyl sites for hydroxylation is 1. The highest BCUT2D eigenvalue weighted by Gasteiger charge is 2.15. The highest BCUT2D eigenvalue weighted by Crippen LogP contribution is 2.09. The number of hydrogen-bond acceptors (Lipinski definition) is 5. The molecule has 2 rings (SSSR count). The van der Waals surface area contributed by atoms with E-state index in [1.165, 1.54) is 6.42 Å². The van der Waals surface area contributed by atoms with Crippen LogP contribution in [-0.2, 0) is 17.8 Å². The van der Waals surface area contributed by atoms with Crippen LogP contribution in [0.4, 0.5) is 0 Å². The molecular formula is C11H19N3O2. The molecule has 16 heavy (non-hydrogen) atoms. The number of ether oxygens (including phenoxy) is 1. The normalized spacial score (nSPS) is 20.4. The van der Waals surface area contributed by atoms with E-state index in [1.807, 2.05) is 0 Å². The molecule has 1 aliphatic rings. The van der Waals surface area contributed by atoms with E-state index < -0.39 is 0 Å². The van der Waals surface area contributed by atoms with Crippen molar-refractivity contribution in [2.24, 2.45) is 5.92 Å². The first-order valence-corrected chi connectivity index (χ1v) is 5.98. The Kier molecular flexibility index (Phi) is 4.30. The summed E-state index contributed by atoms with van der Waals surface area (Å²) in [5, 5.41) is 7.19. The summed E-state index contributed by atoms with van der Waals surface area (Å²) in [5.74, 6) is 2.01. The lowest BCUT2D eigenvalue weighted by Gasteiger charge is -2.06. The van der Waals surface area contributed by atoms with Crippen LogP contribution in [0.2, 0.25) is 0 Å². The summed E-state index contributed by atoms with van der Waals surface area (Å²) >= 11 is 0. The molecule has 5 nitrogen and oxygen atoms in total. The maximum absolute atomic E-state index is 5.56. The second-order valence-corrected chi connectivity index (χ2v) is 4.23. The summed E-state index contributed by atoms with van der Waals surface area (Å²) in [7, 11) is 0. The van der Waals surface area contributed by atoms with Gasteiger partial charge in [-0.15, -0.1) is 0 Å². The summed E-state index contributed by atoms with van der Waals surface area (Å²) < 4.78 is 10.6. The molecule has 0 bridgehead atoms. The van der Waals surface area contributed by atoms with Crippen LogP contribution in [0.3, 0.4) is 0 Å². The topological polar surface area (TPSA) is 60.2 Å². The second-order valence-electron chi connectivity index (χ2n) is 4.23. The van der Waals surface area contributed by atoms with Gasteiger partial charge >= 0.3 is 0 Å². The van der Waals surface area contributed by atoms with Crippen LogP contribution >= 0.6 is 0 Å². The average molecular weight is 225 g/mol. The van der Waals surface area contributed by atoms with Gasteiger partial charge in [0, 0.05) is 13.0 Å². The maximum atomic E-state index is 5.56. The number of rotatable bonds is 6. The Morgan fingerprint density at radius 1 is 1.56 bits per heavy atom. The van der Waals surface area contributed by atoms with Gasteiger partial charge in [0.1, 0.15) is 6.61 Å². The zero-order valence-corrected chi connectivity index (χ0v) is 9.74. The average Bonchev–Trinajstić information content (AvgIpc) is 2.90. The quantitative estimate of drug-likeness (QED) is 0.787. The van der Waals surface area contributed by atoms with Crippen LogP contribution in [0.15, 0.2) is 4.52 Å². The number of hydrogen-bond donors (Lipinski definition) is 1. The van der Waals surface area contributed by atoms with Gasteiger partial charge in [-0.05, 0) is 25.3 Å². The Morgan fingerprint density at radius 2 is 2.50 bits per heavy atom. The van der Waals surface area contributed by atoms with Crippen molar-refractivity contribution in [3.05, 3.63) is 11.7 Å². The molecule has 1 fully saturated rings. The first kappa shape index (κ1) is 11.5.